The lowest BCUT2D eigenvalue weighted by Gasteiger charge is -2.21. The molecule has 1 aromatic rings. The molecule has 170 valence electrons. The maximum absolute atomic E-state index is 5.84. The van der Waals surface area contributed by atoms with Crippen LogP contribution < -0.4 is 10.6 Å². The van der Waals surface area contributed by atoms with Crippen molar-refractivity contribution in [3.05, 3.63) is 35.4 Å². The standard InChI is InChI=1S/C24H42N4O2/c1-4-25-24(26-14-7-15-30-20-23-12-16-29-17-13-23)27-18-21-8-10-22(11-9-21)19-28(5-2)6-3/h8-11,23H,4-7,12-20H2,1-3H3,(H2,25,26,27). The van der Waals surface area contributed by atoms with Gasteiger partial charge in [-0.1, -0.05) is 38.1 Å². The Bertz CT molecular complexity index is 581. The van der Waals surface area contributed by atoms with Gasteiger partial charge in [-0.15, -0.1) is 0 Å². The van der Waals surface area contributed by atoms with Crippen LogP contribution in [0.1, 0.15) is 51.2 Å². The van der Waals surface area contributed by atoms with E-state index in [9.17, 15) is 0 Å². The average molecular weight is 419 g/mol. The Balaban J connectivity index is 1.67. The van der Waals surface area contributed by atoms with Crippen molar-refractivity contribution in [3.8, 4) is 0 Å². The number of hydrogen-bond acceptors (Lipinski definition) is 4. The van der Waals surface area contributed by atoms with Gasteiger partial charge in [-0.25, -0.2) is 4.99 Å². The van der Waals surface area contributed by atoms with E-state index in [0.717, 1.165) is 84.4 Å². The number of guanidine groups is 1. The zero-order valence-corrected chi connectivity index (χ0v) is 19.3. The summed E-state index contributed by atoms with van der Waals surface area (Å²) in [5.41, 5.74) is 2.59. The van der Waals surface area contributed by atoms with Gasteiger partial charge in [0, 0.05) is 46.1 Å². The van der Waals surface area contributed by atoms with Gasteiger partial charge in [-0.3, -0.25) is 4.90 Å². The highest BCUT2D eigenvalue weighted by Gasteiger charge is 2.13. The van der Waals surface area contributed by atoms with Gasteiger partial charge in [0.15, 0.2) is 5.96 Å². The lowest BCUT2D eigenvalue weighted by atomic mass is 10.0. The van der Waals surface area contributed by atoms with Gasteiger partial charge in [-0.2, -0.15) is 0 Å². The molecule has 0 saturated carbocycles. The minimum atomic E-state index is 0.670. The maximum Gasteiger partial charge on any atom is 0.191 e. The summed E-state index contributed by atoms with van der Waals surface area (Å²) in [6.07, 6.45) is 3.24. The van der Waals surface area contributed by atoms with Crippen LogP contribution in [0.15, 0.2) is 29.3 Å². The van der Waals surface area contributed by atoms with E-state index in [-0.39, 0.29) is 0 Å². The Labute approximate surface area is 183 Å². The van der Waals surface area contributed by atoms with Gasteiger partial charge in [-0.05, 0) is 56.3 Å². The molecule has 0 unspecified atom stereocenters. The Kier molecular flexibility index (Phi) is 12.5. The number of benzene rings is 1. The van der Waals surface area contributed by atoms with E-state index in [4.69, 9.17) is 14.5 Å². The second-order valence-corrected chi connectivity index (χ2v) is 7.88. The molecule has 6 nitrogen and oxygen atoms in total. The molecule has 30 heavy (non-hydrogen) atoms. The third kappa shape index (κ3) is 9.92. The first-order valence-corrected chi connectivity index (χ1v) is 11.7. The highest BCUT2D eigenvalue weighted by atomic mass is 16.5. The maximum atomic E-state index is 5.84. The first kappa shape index (κ1) is 24.6. The summed E-state index contributed by atoms with van der Waals surface area (Å²) < 4.78 is 11.2. The lowest BCUT2D eigenvalue weighted by Crippen LogP contribution is -2.38. The highest BCUT2D eigenvalue weighted by molar-refractivity contribution is 5.79. The van der Waals surface area contributed by atoms with Crippen molar-refractivity contribution in [2.45, 2.75) is 53.1 Å². The van der Waals surface area contributed by atoms with Crippen LogP contribution in [0.3, 0.4) is 0 Å². The third-order valence-corrected chi connectivity index (χ3v) is 5.54. The van der Waals surface area contributed by atoms with Gasteiger partial charge in [0.05, 0.1) is 6.54 Å². The first-order valence-electron chi connectivity index (χ1n) is 11.7. The van der Waals surface area contributed by atoms with Gasteiger partial charge in [0.2, 0.25) is 0 Å². The Morgan fingerprint density at radius 1 is 1.07 bits per heavy atom. The summed E-state index contributed by atoms with van der Waals surface area (Å²) in [6.45, 7) is 15.5. The number of ether oxygens (including phenoxy) is 2. The lowest BCUT2D eigenvalue weighted by molar-refractivity contribution is 0.0203. The summed E-state index contributed by atoms with van der Waals surface area (Å²) in [5, 5.41) is 6.74. The minimum Gasteiger partial charge on any atom is -0.381 e. The summed E-state index contributed by atoms with van der Waals surface area (Å²) in [6, 6.07) is 8.82. The van der Waals surface area contributed by atoms with Crippen LogP contribution in [0.4, 0.5) is 0 Å². The van der Waals surface area contributed by atoms with E-state index in [1.54, 1.807) is 0 Å². The minimum absolute atomic E-state index is 0.670. The monoisotopic (exact) mass is 418 g/mol. The van der Waals surface area contributed by atoms with Crippen molar-refractivity contribution in [1.29, 1.82) is 0 Å². The van der Waals surface area contributed by atoms with Gasteiger partial charge in [0.1, 0.15) is 0 Å². The number of nitrogens with zero attached hydrogens (tertiary/aromatic N) is 2. The number of hydrogen-bond donors (Lipinski definition) is 2. The Morgan fingerprint density at radius 3 is 2.43 bits per heavy atom. The molecular weight excluding hydrogens is 376 g/mol. The fourth-order valence-electron chi connectivity index (χ4n) is 3.51. The summed E-state index contributed by atoms with van der Waals surface area (Å²) in [4.78, 5) is 7.15. The van der Waals surface area contributed by atoms with Crippen molar-refractivity contribution in [2.75, 3.05) is 52.6 Å². The molecule has 1 aliphatic rings. The SMILES string of the molecule is CCNC(=NCc1ccc(CN(CC)CC)cc1)NCCCOCC1CCOCC1. The molecule has 0 radical (unpaired) electrons. The van der Waals surface area contributed by atoms with Crippen LogP contribution in [0.25, 0.3) is 0 Å². The van der Waals surface area contributed by atoms with Crippen LogP contribution in [-0.4, -0.2) is 63.5 Å². The third-order valence-electron chi connectivity index (χ3n) is 5.54. The van der Waals surface area contributed by atoms with Crippen LogP contribution in [-0.2, 0) is 22.6 Å². The van der Waals surface area contributed by atoms with E-state index >= 15 is 0 Å². The molecule has 6 heteroatoms. The van der Waals surface area contributed by atoms with Crippen molar-refractivity contribution in [1.82, 2.24) is 15.5 Å². The molecule has 0 spiro atoms. The molecule has 0 aliphatic carbocycles. The van der Waals surface area contributed by atoms with E-state index < -0.39 is 0 Å². The molecule has 1 aliphatic heterocycles. The second kappa shape index (κ2) is 15.2. The van der Waals surface area contributed by atoms with Crippen LogP contribution in [0.2, 0.25) is 0 Å². The zero-order chi connectivity index (χ0) is 21.4. The molecular formula is C24H42N4O2. The molecule has 2 N–H and O–H groups in total. The summed E-state index contributed by atoms with van der Waals surface area (Å²) in [7, 11) is 0. The number of nitrogens with one attached hydrogen (secondary N) is 2. The molecule has 0 amide bonds. The van der Waals surface area contributed by atoms with Crippen LogP contribution in [0.5, 0.6) is 0 Å². The molecule has 0 atom stereocenters. The predicted octanol–water partition coefficient (Wildman–Crippen LogP) is 3.42. The summed E-state index contributed by atoms with van der Waals surface area (Å²) in [5.74, 6) is 1.54. The fraction of sp³-hybridized carbons (Fsp3) is 0.708. The number of rotatable bonds is 13. The quantitative estimate of drug-likeness (QED) is 0.292. The van der Waals surface area contributed by atoms with Gasteiger partial charge < -0.3 is 20.1 Å². The fourth-order valence-corrected chi connectivity index (χ4v) is 3.51. The Morgan fingerprint density at radius 2 is 1.77 bits per heavy atom. The average Bonchev–Trinajstić information content (AvgIpc) is 2.79. The smallest absolute Gasteiger partial charge is 0.191 e. The molecule has 1 fully saturated rings. The van der Waals surface area contributed by atoms with Crippen molar-refractivity contribution in [3.63, 3.8) is 0 Å². The van der Waals surface area contributed by atoms with E-state index in [1.165, 1.54) is 11.1 Å². The van der Waals surface area contributed by atoms with Crippen LogP contribution >= 0.6 is 0 Å². The normalized spacial score (nSPS) is 15.5. The largest absolute Gasteiger partial charge is 0.381 e. The van der Waals surface area contributed by atoms with Crippen LogP contribution in [0, 0.1) is 5.92 Å². The molecule has 1 aromatic carbocycles. The van der Waals surface area contributed by atoms with E-state index in [2.05, 4.69) is 60.6 Å². The molecule has 1 saturated heterocycles. The van der Waals surface area contributed by atoms with Crippen molar-refractivity contribution >= 4 is 5.96 Å². The second-order valence-electron chi connectivity index (χ2n) is 7.88. The molecule has 0 aromatic heterocycles. The van der Waals surface area contributed by atoms with E-state index in [0.29, 0.717) is 12.5 Å². The molecule has 0 bridgehead atoms. The predicted molar refractivity (Wildman–Crippen MR) is 125 cm³/mol. The number of aliphatic imine (C=N–C) groups is 1. The first-order chi connectivity index (χ1) is 14.7. The van der Waals surface area contributed by atoms with Crippen molar-refractivity contribution < 1.29 is 9.47 Å². The molecule has 2 rings (SSSR count). The highest BCUT2D eigenvalue weighted by Crippen LogP contribution is 2.14. The zero-order valence-electron chi connectivity index (χ0n) is 19.3. The van der Waals surface area contributed by atoms with Gasteiger partial charge in [0.25, 0.3) is 0 Å². The van der Waals surface area contributed by atoms with E-state index in [1.807, 2.05) is 0 Å². The Hall–Kier alpha value is -1.63. The van der Waals surface area contributed by atoms with Crippen molar-refractivity contribution in [2.24, 2.45) is 10.9 Å². The molecule has 1 heterocycles. The summed E-state index contributed by atoms with van der Waals surface area (Å²) >= 11 is 0. The topological polar surface area (TPSA) is 58.1 Å². The van der Waals surface area contributed by atoms with Gasteiger partial charge >= 0.3 is 0 Å².